The molecule has 190 valence electrons. The molecule has 3 rings (SSSR count). The number of ether oxygens (including phenoxy) is 1. The standard InChI is InChI=1S/C27H22F3N3O3S/c1-26(35,25(34)33-21-9-8-20(16-32)23(15-21)27(28,29)30)17-37-24-5-3-2-4-19(24)14-18-6-10-22(11-7-18)36-13-12-31/h2-11,15,35H,13-14,17H2,1H3,(H,33,34). The van der Waals surface area contributed by atoms with Gasteiger partial charge >= 0.3 is 6.18 Å². The first-order valence-electron chi connectivity index (χ1n) is 11.0. The smallest absolute Gasteiger partial charge is 0.417 e. The Hall–Kier alpha value is -3.99. The zero-order valence-electron chi connectivity index (χ0n) is 19.7. The highest BCUT2D eigenvalue weighted by atomic mass is 32.2. The predicted octanol–water partition coefficient (Wildman–Crippen LogP) is 5.55. The molecule has 0 aromatic heterocycles. The maximum absolute atomic E-state index is 13.2. The summed E-state index contributed by atoms with van der Waals surface area (Å²) in [7, 11) is 0. The molecule has 0 heterocycles. The quantitative estimate of drug-likeness (QED) is 0.355. The first-order chi connectivity index (χ1) is 17.5. The van der Waals surface area contributed by atoms with Gasteiger partial charge < -0.3 is 15.2 Å². The second kappa shape index (κ2) is 11.8. The lowest BCUT2D eigenvalue weighted by Gasteiger charge is -2.23. The van der Waals surface area contributed by atoms with Gasteiger partial charge in [0.1, 0.15) is 17.4 Å². The van der Waals surface area contributed by atoms with Crippen molar-refractivity contribution < 1.29 is 27.8 Å². The molecule has 0 aliphatic rings. The van der Waals surface area contributed by atoms with E-state index in [0.717, 1.165) is 22.1 Å². The minimum absolute atomic E-state index is 0.0407. The van der Waals surface area contributed by atoms with Crippen LogP contribution in [0.1, 0.15) is 29.2 Å². The monoisotopic (exact) mass is 525 g/mol. The summed E-state index contributed by atoms with van der Waals surface area (Å²) in [5.41, 5.74) is -1.86. The summed E-state index contributed by atoms with van der Waals surface area (Å²) < 4.78 is 44.9. The zero-order valence-corrected chi connectivity index (χ0v) is 20.5. The lowest BCUT2D eigenvalue weighted by Crippen LogP contribution is -2.42. The van der Waals surface area contributed by atoms with E-state index in [-0.39, 0.29) is 18.0 Å². The average molecular weight is 526 g/mol. The van der Waals surface area contributed by atoms with Gasteiger partial charge in [-0.1, -0.05) is 30.3 Å². The normalized spacial score (nSPS) is 12.6. The van der Waals surface area contributed by atoms with Gasteiger partial charge in [0.15, 0.2) is 6.61 Å². The Morgan fingerprint density at radius 2 is 1.78 bits per heavy atom. The molecule has 37 heavy (non-hydrogen) atoms. The lowest BCUT2D eigenvalue weighted by atomic mass is 10.0. The van der Waals surface area contributed by atoms with E-state index in [2.05, 4.69) is 5.32 Å². The van der Waals surface area contributed by atoms with E-state index in [1.54, 1.807) is 12.1 Å². The second-order valence-corrected chi connectivity index (χ2v) is 9.28. The van der Waals surface area contributed by atoms with E-state index in [0.29, 0.717) is 18.2 Å². The molecule has 0 bridgehead atoms. The van der Waals surface area contributed by atoms with Crippen LogP contribution in [0.15, 0.2) is 71.6 Å². The Morgan fingerprint density at radius 1 is 1.08 bits per heavy atom. The number of aliphatic hydroxyl groups is 1. The molecule has 0 radical (unpaired) electrons. The SMILES string of the molecule is CC(O)(CSc1ccccc1Cc1ccc(OCC#N)cc1)C(=O)Nc1ccc(C#N)c(C(F)(F)F)c1. The first-order valence-corrected chi connectivity index (χ1v) is 12.0. The van der Waals surface area contributed by atoms with Gasteiger partial charge in [0.05, 0.1) is 17.2 Å². The molecule has 1 unspecified atom stereocenters. The third-order valence-electron chi connectivity index (χ3n) is 5.30. The van der Waals surface area contributed by atoms with Crippen LogP contribution in [0.3, 0.4) is 0 Å². The van der Waals surface area contributed by atoms with Crippen LogP contribution in [0.4, 0.5) is 18.9 Å². The third kappa shape index (κ3) is 7.50. The van der Waals surface area contributed by atoms with Crippen molar-refractivity contribution in [2.45, 2.75) is 30.0 Å². The number of benzene rings is 3. The Kier molecular flexibility index (Phi) is 8.82. The van der Waals surface area contributed by atoms with Crippen molar-refractivity contribution >= 4 is 23.4 Å². The Bertz CT molecular complexity index is 1340. The summed E-state index contributed by atoms with van der Waals surface area (Å²) in [5.74, 6) is -0.345. The number of carbonyl (C=O) groups excluding carboxylic acids is 1. The number of nitriles is 2. The summed E-state index contributed by atoms with van der Waals surface area (Å²) >= 11 is 1.25. The van der Waals surface area contributed by atoms with Crippen LogP contribution >= 0.6 is 11.8 Å². The van der Waals surface area contributed by atoms with Crippen molar-refractivity contribution in [3.63, 3.8) is 0 Å². The van der Waals surface area contributed by atoms with Gasteiger partial charge in [-0.15, -0.1) is 11.8 Å². The van der Waals surface area contributed by atoms with E-state index in [1.807, 2.05) is 42.5 Å². The molecular weight excluding hydrogens is 503 g/mol. The molecule has 6 nitrogen and oxygen atoms in total. The molecule has 0 spiro atoms. The molecule has 3 aromatic carbocycles. The van der Waals surface area contributed by atoms with Crippen molar-refractivity contribution in [1.29, 1.82) is 10.5 Å². The molecule has 0 saturated heterocycles. The third-order valence-corrected chi connectivity index (χ3v) is 6.71. The minimum atomic E-state index is -4.77. The van der Waals surface area contributed by atoms with Gasteiger partial charge in [0, 0.05) is 16.3 Å². The molecule has 1 atom stereocenters. The van der Waals surface area contributed by atoms with Crippen molar-refractivity contribution in [1.82, 2.24) is 0 Å². The summed E-state index contributed by atoms with van der Waals surface area (Å²) in [6.07, 6.45) is -4.20. The van der Waals surface area contributed by atoms with Gasteiger partial charge in [-0.2, -0.15) is 23.7 Å². The highest BCUT2D eigenvalue weighted by Gasteiger charge is 2.35. The number of halogens is 3. The maximum atomic E-state index is 13.2. The lowest BCUT2D eigenvalue weighted by molar-refractivity contribution is -0.137. The summed E-state index contributed by atoms with van der Waals surface area (Å²) in [6.45, 7) is 1.24. The molecule has 2 N–H and O–H groups in total. The number of carbonyl (C=O) groups is 1. The number of nitrogens with zero attached hydrogens (tertiary/aromatic N) is 2. The van der Waals surface area contributed by atoms with Gasteiger partial charge in [-0.3, -0.25) is 4.79 Å². The van der Waals surface area contributed by atoms with Crippen molar-refractivity contribution in [3.05, 3.63) is 89.0 Å². The number of nitrogens with one attached hydrogen (secondary N) is 1. The van der Waals surface area contributed by atoms with Crippen LogP contribution in [-0.2, 0) is 17.4 Å². The van der Waals surface area contributed by atoms with Crippen LogP contribution < -0.4 is 10.1 Å². The molecule has 1 amide bonds. The number of hydrogen-bond donors (Lipinski definition) is 2. The van der Waals surface area contributed by atoms with Crippen LogP contribution in [-0.4, -0.2) is 29.0 Å². The zero-order chi connectivity index (χ0) is 27.1. The number of alkyl halides is 3. The van der Waals surface area contributed by atoms with E-state index in [4.69, 9.17) is 15.3 Å². The van der Waals surface area contributed by atoms with E-state index in [9.17, 15) is 23.1 Å². The largest absolute Gasteiger partial charge is 0.479 e. The first kappa shape index (κ1) is 27.6. The van der Waals surface area contributed by atoms with Crippen molar-refractivity contribution in [2.24, 2.45) is 0 Å². The number of hydrogen-bond acceptors (Lipinski definition) is 6. The molecule has 0 aliphatic carbocycles. The van der Waals surface area contributed by atoms with Crippen LogP contribution in [0.2, 0.25) is 0 Å². The van der Waals surface area contributed by atoms with Crippen LogP contribution in [0.5, 0.6) is 5.75 Å². The maximum Gasteiger partial charge on any atom is 0.417 e. The molecule has 0 fully saturated rings. The topological polar surface area (TPSA) is 106 Å². The van der Waals surface area contributed by atoms with Crippen molar-refractivity contribution in [2.75, 3.05) is 17.7 Å². The minimum Gasteiger partial charge on any atom is -0.479 e. The number of amides is 1. The van der Waals surface area contributed by atoms with E-state index < -0.39 is 28.8 Å². The molecule has 0 aliphatic heterocycles. The Labute approximate surface area is 216 Å². The Balaban J connectivity index is 1.68. The molecular formula is C27H22F3N3O3S. The van der Waals surface area contributed by atoms with Crippen LogP contribution in [0.25, 0.3) is 0 Å². The molecule has 0 saturated carbocycles. The second-order valence-electron chi connectivity index (χ2n) is 8.26. The Morgan fingerprint density at radius 3 is 2.43 bits per heavy atom. The average Bonchev–Trinajstić information content (AvgIpc) is 2.87. The van der Waals surface area contributed by atoms with E-state index >= 15 is 0 Å². The van der Waals surface area contributed by atoms with Gasteiger partial charge in [0.2, 0.25) is 0 Å². The summed E-state index contributed by atoms with van der Waals surface area (Å²) in [5, 5.41) is 30.6. The van der Waals surface area contributed by atoms with Gasteiger partial charge in [-0.25, -0.2) is 0 Å². The number of anilines is 1. The summed E-state index contributed by atoms with van der Waals surface area (Å²) in [6, 6.07) is 21.0. The predicted molar refractivity (Wildman–Crippen MR) is 133 cm³/mol. The molecule has 10 heteroatoms. The molecule has 3 aromatic rings. The van der Waals surface area contributed by atoms with Crippen molar-refractivity contribution in [3.8, 4) is 17.9 Å². The highest BCUT2D eigenvalue weighted by molar-refractivity contribution is 7.99. The van der Waals surface area contributed by atoms with Gasteiger partial charge in [-0.05, 0) is 60.9 Å². The fraction of sp³-hybridized carbons (Fsp3) is 0.222. The summed E-state index contributed by atoms with van der Waals surface area (Å²) in [4.78, 5) is 13.5. The highest BCUT2D eigenvalue weighted by Crippen LogP contribution is 2.34. The number of rotatable bonds is 9. The van der Waals surface area contributed by atoms with E-state index in [1.165, 1.54) is 30.8 Å². The fourth-order valence-corrected chi connectivity index (χ4v) is 4.40. The fourth-order valence-electron chi connectivity index (χ4n) is 3.33. The number of thioether (sulfide) groups is 1. The van der Waals surface area contributed by atoms with Gasteiger partial charge in [0.25, 0.3) is 5.91 Å². The van der Waals surface area contributed by atoms with Crippen LogP contribution in [0, 0.1) is 22.7 Å².